The zero-order valence-electron chi connectivity index (χ0n) is 13.9. The molecule has 8 nitrogen and oxygen atoms in total. The minimum absolute atomic E-state index is 0.0431. The third-order valence-corrected chi connectivity index (χ3v) is 4.02. The predicted octanol–water partition coefficient (Wildman–Crippen LogP) is 1.82. The van der Waals surface area contributed by atoms with Gasteiger partial charge in [-0.25, -0.2) is 19.7 Å². The molecule has 2 N–H and O–H groups in total. The van der Waals surface area contributed by atoms with Gasteiger partial charge in [0.25, 0.3) is 0 Å². The van der Waals surface area contributed by atoms with Crippen LogP contribution in [-0.2, 0) is 0 Å². The van der Waals surface area contributed by atoms with E-state index < -0.39 is 0 Å². The number of rotatable bonds is 4. The van der Waals surface area contributed by atoms with Gasteiger partial charge in [-0.1, -0.05) is 0 Å². The maximum absolute atomic E-state index is 12.4. The normalized spacial score (nSPS) is 16.7. The van der Waals surface area contributed by atoms with E-state index in [1.54, 1.807) is 29.6 Å². The molecule has 3 heterocycles. The molecule has 1 atom stereocenters. The zero-order chi connectivity index (χ0) is 16.9. The Kier molecular flexibility index (Phi) is 4.93. The number of urea groups is 1. The van der Waals surface area contributed by atoms with Crippen molar-refractivity contribution in [1.29, 1.82) is 0 Å². The van der Waals surface area contributed by atoms with E-state index in [4.69, 9.17) is 4.74 Å². The third-order valence-electron chi connectivity index (χ3n) is 4.02. The average Bonchev–Trinajstić information content (AvgIpc) is 3.03. The molecule has 0 saturated carbocycles. The SMILES string of the molecule is Cc1cnc([C@@H](C)NC(=O)N2CCC(Oc3ncccn3)CC2)[nH]1. The number of nitrogens with zero attached hydrogens (tertiary/aromatic N) is 4. The molecular weight excluding hydrogens is 308 g/mol. The summed E-state index contributed by atoms with van der Waals surface area (Å²) in [6.07, 6.45) is 6.64. The van der Waals surface area contributed by atoms with Crippen LogP contribution >= 0.6 is 0 Å². The van der Waals surface area contributed by atoms with Crippen molar-refractivity contribution in [2.75, 3.05) is 13.1 Å². The first-order valence-electron chi connectivity index (χ1n) is 8.12. The topological polar surface area (TPSA) is 96.0 Å². The fourth-order valence-electron chi connectivity index (χ4n) is 2.67. The Bertz CT molecular complexity index is 666. The maximum Gasteiger partial charge on any atom is 0.317 e. The van der Waals surface area contributed by atoms with Gasteiger partial charge in [0.1, 0.15) is 11.9 Å². The van der Waals surface area contributed by atoms with E-state index in [1.807, 2.05) is 13.8 Å². The van der Waals surface area contributed by atoms with Gasteiger partial charge in [0.15, 0.2) is 0 Å². The predicted molar refractivity (Wildman–Crippen MR) is 87.5 cm³/mol. The number of aryl methyl sites for hydroxylation is 1. The van der Waals surface area contributed by atoms with Gasteiger partial charge in [0.05, 0.1) is 6.04 Å². The lowest BCUT2D eigenvalue weighted by molar-refractivity contribution is 0.102. The van der Waals surface area contributed by atoms with Gasteiger partial charge in [-0.2, -0.15) is 0 Å². The van der Waals surface area contributed by atoms with Crippen molar-refractivity contribution in [3.8, 4) is 6.01 Å². The lowest BCUT2D eigenvalue weighted by Gasteiger charge is -2.32. The van der Waals surface area contributed by atoms with Gasteiger partial charge >= 0.3 is 12.0 Å². The number of nitrogens with one attached hydrogen (secondary N) is 2. The van der Waals surface area contributed by atoms with Gasteiger partial charge in [0, 0.05) is 50.2 Å². The smallest absolute Gasteiger partial charge is 0.317 e. The van der Waals surface area contributed by atoms with Gasteiger partial charge < -0.3 is 19.9 Å². The van der Waals surface area contributed by atoms with Crippen LogP contribution in [-0.4, -0.2) is 50.1 Å². The molecule has 0 unspecified atom stereocenters. The first kappa shape index (κ1) is 16.2. The van der Waals surface area contributed by atoms with Gasteiger partial charge in [-0.05, 0) is 19.9 Å². The Hall–Kier alpha value is -2.64. The van der Waals surface area contributed by atoms with Crippen LogP contribution in [0.2, 0.25) is 0 Å². The van der Waals surface area contributed by atoms with Crippen LogP contribution in [0, 0.1) is 6.92 Å². The van der Waals surface area contributed by atoms with E-state index >= 15 is 0 Å². The molecule has 0 bridgehead atoms. The van der Waals surface area contributed by atoms with Crippen LogP contribution in [0.4, 0.5) is 4.79 Å². The number of piperidine rings is 1. The molecule has 24 heavy (non-hydrogen) atoms. The summed E-state index contributed by atoms with van der Waals surface area (Å²) in [4.78, 5) is 29.7. The molecule has 2 aromatic heterocycles. The van der Waals surface area contributed by atoms with Crippen molar-refractivity contribution in [2.45, 2.75) is 38.8 Å². The highest BCUT2D eigenvalue weighted by atomic mass is 16.5. The summed E-state index contributed by atoms with van der Waals surface area (Å²) in [5, 5.41) is 2.97. The Morgan fingerprint density at radius 2 is 2.04 bits per heavy atom. The lowest BCUT2D eigenvalue weighted by atomic mass is 10.1. The second kappa shape index (κ2) is 7.29. The second-order valence-corrected chi connectivity index (χ2v) is 5.96. The van der Waals surface area contributed by atoms with Crippen molar-refractivity contribution in [2.24, 2.45) is 0 Å². The number of hydrogen-bond donors (Lipinski definition) is 2. The fraction of sp³-hybridized carbons (Fsp3) is 0.500. The summed E-state index contributed by atoms with van der Waals surface area (Å²) in [6, 6.07) is 1.91. The molecule has 1 aliphatic rings. The van der Waals surface area contributed by atoms with E-state index in [-0.39, 0.29) is 18.2 Å². The molecule has 2 aromatic rings. The Balaban J connectivity index is 1.46. The molecule has 0 radical (unpaired) electrons. The second-order valence-electron chi connectivity index (χ2n) is 5.96. The van der Waals surface area contributed by atoms with Crippen LogP contribution in [0.15, 0.2) is 24.7 Å². The molecule has 8 heteroatoms. The third kappa shape index (κ3) is 4.01. The first-order chi connectivity index (χ1) is 11.6. The summed E-state index contributed by atoms with van der Waals surface area (Å²) < 4.78 is 5.74. The number of carbonyl (C=O) groups excluding carboxylic acids is 1. The van der Waals surface area contributed by atoms with Crippen molar-refractivity contribution in [3.05, 3.63) is 36.2 Å². The largest absolute Gasteiger partial charge is 0.460 e. The Labute approximate surface area is 140 Å². The number of carbonyl (C=O) groups is 1. The van der Waals surface area contributed by atoms with Crippen LogP contribution in [0.5, 0.6) is 6.01 Å². The highest BCUT2D eigenvalue weighted by Crippen LogP contribution is 2.16. The summed E-state index contributed by atoms with van der Waals surface area (Å²) in [5.41, 5.74) is 0.979. The minimum Gasteiger partial charge on any atom is -0.460 e. The molecule has 3 rings (SSSR count). The molecular formula is C16H22N6O2. The van der Waals surface area contributed by atoms with Crippen LogP contribution in [0.3, 0.4) is 0 Å². The molecule has 0 aromatic carbocycles. The van der Waals surface area contributed by atoms with Gasteiger partial charge in [-0.15, -0.1) is 0 Å². The summed E-state index contributed by atoms with van der Waals surface area (Å²) in [5.74, 6) is 0.764. The fourth-order valence-corrected chi connectivity index (χ4v) is 2.67. The minimum atomic E-state index is -0.155. The molecule has 0 spiro atoms. The Morgan fingerprint density at radius 1 is 1.33 bits per heavy atom. The molecule has 0 aliphatic carbocycles. The standard InChI is InChI=1S/C16H22N6O2/c1-11-10-19-14(20-11)12(2)21-16(23)22-8-4-13(5-9-22)24-15-17-6-3-7-18-15/h3,6-7,10,12-13H,4-5,8-9H2,1-2H3,(H,19,20)(H,21,23)/t12-/m1/s1. The zero-order valence-corrected chi connectivity index (χ0v) is 13.9. The number of H-pyrrole nitrogens is 1. The average molecular weight is 330 g/mol. The first-order valence-corrected chi connectivity index (χ1v) is 8.12. The van der Waals surface area contributed by atoms with Gasteiger partial charge in [-0.3, -0.25) is 0 Å². The summed E-state index contributed by atoms with van der Waals surface area (Å²) in [6.45, 7) is 5.14. The van der Waals surface area contributed by atoms with E-state index in [0.29, 0.717) is 19.1 Å². The summed E-state index contributed by atoms with van der Waals surface area (Å²) in [7, 11) is 0. The van der Waals surface area contributed by atoms with Crippen molar-refractivity contribution in [1.82, 2.24) is 30.2 Å². The Morgan fingerprint density at radius 3 is 2.67 bits per heavy atom. The number of amides is 2. The van der Waals surface area contributed by atoms with Crippen LogP contribution < -0.4 is 10.1 Å². The van der Waals surface area contributed by atoms with E-state index in [1.165, 1.54) is 0 Å². The van der Waals surface area contributed by atoms with E-state index in [0.717, 1.165) is 24.4 Å². The van der Waals surface area contributed by atoms with Crippen molar-refractivity contribution in [3.63, 3.8) is 0 Å². The number of aromatic amines is 1. The van der Waals surface area contributed by atoms with Crippen LogP contribution in [0.25, 0.3) is 0 Å². The molecule has 2 amide bonds. The molecule has 1 saturated heterocycles. The van der Waals surface area contributed by atoms with Crippen molar-refractivity contribution >= 4 is 6.03 Å². The van der Waals surface area contributed by atoms with E-state index in [2.05, 4.69) is 25.3 Å². The quantitative estimate of drug-likeness (QED) is 0.891. The summed E-state index contributed by atoms with van der Waals surface area (Å²) >= 11 is 0. The van der Waals surface area contributed by atoms with Crippen molar-refractivity contribution < 1.29 is 9.53 Å². The number of likely N-dealkylation sites (tertiary alicyclic amines) is 1. The number of aromatic nitrogens is 4. The molecule has 1 fully saturated rings. The van der Waals surface area contributed by atoms with E-state index in [9.17, 15) is 4.79 Å². The monoisotopic (exact) mass is 330 g/mol. The molecule has 128 valence electrons. The lowest BCUT2D eigenvalue weighted by Crippen LogP contribution is -2.47. The van der Waals surface area contributed by atoms with Crippen LogP contribution in [0.1, 0.15) is 37.3 Å². The number of hydrogen-bond acceptors (Lipinski definition) is 5. The highest BCUT2D eigenvalue weighted by Gasteiger charge is 2.25. The molecule has 1 aliphatic heterocycles. The number of imidazole rings is 1. The highest BCUT2D eigenvalue weighted by molar-refractivity contribution is 5.74. The number of ether oxygens (including phenoxy) is 1. The van der Waals surface area contributed by atoms with Gasteiger partial charge in [0.2, 0.25) is 0 Å². The maximum atomic E-state index is 12.4.